The zero-order valence-corrected chi connectivity index (χ0v) is 9.17. The normalized spacial score (nSPS) is 42.5. The molecule has 0 bridgehead atoms. The molecule has 1 aromatic rings. The van der Waals surface area contributed by atoms with E-state index in [1.807, 2.05) is 30.3 Å². The van der Waals surface area contributed by atoms with Crippen molar-refractivity contribution in [1.82, 2.24) is 4.90 Å². The standard InChI is InChI=1S/C13H12FNO2/c14-13-6-9(13)10-7-17-11(15(10)12(13)16)8-4-2-1-3-5-8/h1-5,9-11H,6-7H2. The zero-order valence-electron chi connectivity index (χ0n) is 9.17. The molecule has 1 amide bonds. The fourth-order valence-electron chi connectivity index (χ4n) is 3.13. The average molecular weight is 233 g/mol. The highest BCUT2D eigenvalue weighted by Crippen LogP contribution is 2.60. The third-order valence-corrected chi connectivity index (χ3v) is 4.12. The van der Waals surface area contributed by atoms with Crippen LogP contribution in [0.15, 0.2) is 30.3 Å². The Morgan fingerprint density at radius 2 is 2.12 bits per heavy atom. The van der Waals surface area contributed by atoms with Gasteiger partial charge in [0.1, 0.15) is 0 Å². The lowest BCUT2D eigenvalue weighted by atomic mass is 10.1. The Labute approximate surface area is 98.2 Å². The second kappa shape index (κ2) is 2.88. The monoisotopic (exact) mass is 233 g/mol. The van der Waals surface area contributed by atoms with Crippen molar-refractivity contribution in [2.75, 3.05) is 6.61 Å². The number of alkyl halides is 1. The van der Waals surface area contributed by atoms with Crippen molar-refractivity contribution < 1.29 is 13.9 Å². The maximum Gasteiger partial charge on any atom is 0.263 e. The van der Waals surface area contributed by atoms with Crippen LogP contribution in [-0.4, -0.2) is 29.1 Å². The van der Waals surface area contributed by atoms with E-state index in [2.05, 4.69) is 0 Å². The highest BCUT2D eigenvalue weighted by Gasteiger charge is 2.75. The van der Waals surface area contributed by atoms with Crippen molar-refractivity contribution in [3.63, 3.8) is 0 Å². The summed E-state index contributed by atoms with van der Waals surface area (Å²) >= 11 is 0. The molecule has 4 unspecified atom stereocenters. The van der Waals surface area contributed by atoms with Crippen LogP contribution in [0.5, 0.6) is 0 Å². The number of carbonyl (C=O) groups is 1. The number of nitrogens with zero attached hydrogens (tertiary/aromatic N) is 1. The zero-order chi connectivity index (χ0) is 11.6. The summed E-state index contributed by atoms with van der Waals surface area (Å²) in [4.78, 5) is 13.6. The van der Waals surface area contributed by atoms with Crippen molar-refractivity contribution in [3.8, 4) is 0 Å². The van der Waals surface area contributed by atoms with E-state index in [4.69, 9.17) is 4.74 Å². The van der Waals surface area contributed by atoms with E-state index in [0.717, 1.165) is 5.56 Å². The molecule has 1 aromatic carbocycles. The number of ether oxygens (including phenoxy) is 1. The number of benzene rings is 1. The first kappa shape index (κ1) is 9.59. The molecule has 3 nitrogen and oxygen atoms in total. The number of rotatable bonds is 1. The Hall–Kier alpha value is -1.42. The van der Waals surface area contributed by atoms with Crippen LogP contribution >= 0.6 is 0 Å². The molecule has 0 spiro atoms. The molecule has 3 fully saturated rings. The minimum absolute atomic E-state index is 0.0577. The molecule has 3 aliphatic rings. The maximum atomic E-state index is 14.0. The first-order chi connectivity index (χ1) is 8.22. The number of hydrogen-bond acceptors (Lipinski definition) is 2. The van der Waals surface area contributed by atoms with Gasteiger partial charge in [-0.15, -0.1) is 0 Å². The van der Waals surface area contributed by atoms with Crippen LogP contribution in [0.4, 0.5) is 4.39 Å². The van der Waals surface area contributed by atoms with Gasteiger partial charge in [-0.1, -0.05) is 30.3 Å². The van der Waals surface area contributed by atoms with Crippen molar-refractivity contribution >= 4 is 5.91 Å². The van der Waals surface area contributed by atoms with Crippen LogP contribution < -0.4 is 0 Å². The Morgan fingerprint density at radius 1 is 1.35 bits per heavy atom. The number of carbonyl (C=O) groups excluding carboxylic acids is 1. The summed E-state index contributed by atoms with van der Waals surface area (Å²) in [6.45, 7) is 0.460. The van der Waals surface area contributed by atoms with Gasteiger partial charge in [-0.2, -0.15) is 0 Å². The van der Waals surface area contributed by atoms with Crippen LogP contribution in [0, 0.1) is 5.92 Å². The predicted molar refractivity (Wildman–Crippen MR) is 57.7 cm³/mol. The molecule has 0 N–H and O–H groups in total. The first-order valence-corrected chi connectivity index (χ1v) is 5.90. The SMILES string of the molecule is O=C1N2C(c3ccccc3)OCC2C2CC12F. The number of fused-ring (bicyclic) bond motifs is 3. The second-order valence-electron chi connectivity index (χ2n) is 5.05. The fraction of sp³-hybridized carbons (Fsp3) is 0.462. The number of halogens is 1. The predicted octanol–water partition coefficient (Wildman–Crippen LogP) is 1.65. The third kappa shape index (κ3) is 1.06. The molecule has 1 aliphatic carbocycles. The van der Waals surface area contributed by atoms with Gasteiger partial charge in [0, 0.05) is 11.5 Å². The number of amides is 1. The minimum atomic E-state index is -1.57. The van der Waals surface area contributed by atoms with Crippen molar-refractivity contribution in [2.45, 2.75) is 24.4 Å². The molecule has 4 heteroatoms. The van der Waals surface area contributed by atoms with Crippen LogP contribution in [0.2, 0.25) is 0 Å². The summed E-state index contributed by atoms with van der Waals surface area (Å²) in [7, 11) is 0. The van der Waals surface area contributed by atoms with Gasteiger partial charge in [-0.05, 0) is 6.42 Å². The number of hydrogen-bond donors (Lipinski definition) is 0. The van der Waals surface area contributed by atoms with E-state index in [1.54, 1.807) is 4.90 Å². The summed E-state index contributed by atoms with van der Waals surface area (Å²) < 4.78 is 19.7. The summed E-state index contributed by atoms with van der Waals surface area (Å²) in [5, 5.41) is 0. The van der Waals surface area contributed by atoms with Crippen molar-refractivity contribution in [3.05, 3.63) is 35.9 Å². The molecular formula is C13H12FNO2. The Balaban J connectivity index is 1.71. The summed E-state index contributed by atoms with van der Waals surface area (Å²) in [6.07, 6.45) is -0.00755. The van der Waals surface area contributed by atoms with E-state index in [9.17, 15) is 9.18 Å². The van der Waals surface area contributed by atoms with Crippen molar-refractivity contribution in [1.29, 1.82) is 0 Å². The molecule has 4 atom stereocenters. The minimum Gasteiger partial charge on any atom is -0.352 e. The molecule has 2 heterocycles. The lowest BCUT2D eigenvalue weighted by molar-refractivity contribution is -0.141. The maximum absolute atomic E-state index is 14.0. The van der Waals surface area contributed by atoms with Gasteiger partial charge in [0.05, 0.1) is 12.6 Å². The highest BCUT2D eigenvalue weighted by molar-refractivity contribution is 5.93. The highest BCUT2D eigenvalue weighted by atomic mass is 19.1. The molecular weight excluding hydrogens is 221 g/mol. The van der Waals surface area contributed by atoms with E-state index < -0.39 is 11.9 Å². The van der Waals surface area contributed by atoms with Gasteiger partial charge in [0.25, 0.3) is 5.91 Å². The van der Waals surface area contributed by atoms with E-state index in [1.165, 1.54) is 0 Å². The molecule has 2 saturated heterocycles. The van der Waals surface area contributed by atoms with E-state index in [0.29, 0.717) is 13.0 Å². The van der Waals surface area contributed by atoms with Crippen LogP contribution in [0.25, 0.3) is 0 Å². The summed E-state index contributed by atoms with van der Waals surface area (Å²) in [5.41, 5.74) is -0.644. The summed E-state index contributed by atoms with van der Waals surface area (Å²) in [6, 6.07) is 9.48. The average Bonchev–Trinajstić information content (AvgIpc) is 2.80. The molecule has 2 aliphatic heterocycles. The molecule has 4 rings (SSSR count). The Kier molecular flexibility index (Phi) is 1.62. The smallest absolute Gasteiger partial charge is 0.263 e. The molecule has 1 saturated carbocycles. The molecule has 88 valence electrons. The quantitative estimate of drug-likeness (QED) is 0.738. The van der Waals surface area contributed by atoms with E-state index >= 15 is 0 Å². The van der Waals surface area contributed by atoms with Crippen LogP contribution in [0.3, 0.4) is 0 Å². The topological polar surface area (TPSA) is 29.5 Å². The molecule has 0 radical (unpaired) electrons. The number of piperidine rings is 1. The van der Waals surface area contributed by atoms with E-state index in [-0.39, 0.29) is 17.9 Å². The van der Waals surface area contributed by atoms with Crippen LogP contribution in [-0.2, 0) is 9.53 Å². The van der Waals surface area contributed by atoms with Crippen LogP contribution in [0.1, 0.15) is 18.2 Å². The third-order valence-electron chi connectivity index (χ3n) is 4.12. The van der Waals surface area contributed by atoms with Gasteiger partial charge in [0.2, 0.25) is 0 Å². The second-order valence-corrected chi connectivity index (χ2v) is 5.05. The van der Waals surface area contributed by atoms with Crippen molar-refractivity contribution in [2.24, 2.45) is 5.92 Å². The Morgan fingerprint density at radius 3 is 2.88 bits per heavy atom. The lowest BCUT2D eigenvalue weighted by Gasteiger charge is -2.24. The van der Waals surface area contributed by atoms with Gasteiger partial charge in [-0.25, -0.2) is 4.39 Å². The Bertz CT molecular complexity index is 491. The van der Waals surface area contributed by atoms with Gasteiger partial charge in [-0.3, -0.25) is 4.79 Å². The van der Waals surface area contributed by atoms with Gasteiger partial charge in [0.15, 0.2) is 11.9 Å². The fourth-order valence-corrected chi connectivity index (χ4v) is 3.13. The lowest BCUT2D eigenvalue weighted by Crippen LogP contribution is -2.36. The first-order valence-electron chi connectivity index (χ1n) is 5.90. The van der Waals surface area contributed by atoms with Gasteiger partial charge >= 0.3 is 0 Å². The summed E-state index contributed by atoms with van der Waals surface area (Å²) in [5.74, 6) is -0.512. The molecule has 17 heavy (non-hydrogen) atoms. The van der Waals surface area contributed by atoms with Gasteiger partial charge < -0.3 is 9.64 Å². The largest absolute Gasteiger partial charge is 0.352 e. The molecule has 0 aromatic heterocycles.